The van der Waals surface area contributed by atoms with E-state index in [0.717, 1.165) is 0 Å². The SMILES string of the molecule is Nc1[nH]c(=O)ncc1N=Nc1ccccc1. The lowest BCUT2D eigenvalue weighted by molar-refractivity contribution is 1.06. The van der Waals surface area contributed by atoms with Crippen LogP contribution in [0.1, 0.15) is 0 Å². The minimum Gasteiger partial charge on any atom is -0.383 e. The van der Waals surface area contributed by atoms with Crippen molar-refractivity contribution in [1.29, 1.82) is 0 Å². The van der Waals surface area contributed by atoms with E-state index >= 15 is 0 Å². The van der Waals surface area contributed by atoms with E-state index in [1.54, 1.807) is 12.1 Å². The van der Waals surface area contributed by atoms with Crippen molar-refractivity contribution in [3.63, 3.8) is 0 Å². The number of nitrogens with one attached hydrogen (secondary N) is 1. The molecule has 80 valence electrons. The maximum atomic E-state index is 10.8. The number of H-pyrrole nitrogens is 1. The van der Waals surface area contributed by atoms with Gasteiger partial charge >= 0.3 is 5.69 Å². The highest BCUT2D eigenvalue weighted by molar-refractivity contribution is 5.54. The second-order valence-corrected chi connectivity index (χ2v) is 3.02. The molecule has 0 bridgehead atoms. The van der Waals surface area contributed by atoms with Gasteiger partial charge in [-0.05, 0) is 12.1 Å². The first-order valence-electron chi connectivity index (χ1n) is 4.57. The van der Waals surface area contributed by atoms with Crippen molar-refractivity contribution < 1.29 is 0 Å². The molecule has 6 nitrogen and oxygen atoms in total. The second-order valence-electron chi connectivity index (χ2n) is 3.02. The number of rotatable bonds is 2. The summed E-state index contributed by atoms with van der Waals surface area (Å²) in [6.45, 7) is 0. The summed E-state index contributed by atoms with van der Waals surface area (Å²) in [5.74, 6) is 0.152. The number of hydrogen-bond acceptors (Lipinski definition) is 5. The highest BCUT2D eigenvalue weighted by Gasteiger charge is 1.98. The normalized spacial score (nSPS) is 10.8. The fourth-order valence-electron chi connectivity index (χ4n) is 1.09. The Morgan fingerprint density at radius 2 is 1.94 bits per heavy atom. The maximum Gasteiger partial charge on any atom is 0.346 e. The molecule has 1 heterocycles. The molecule has 0 radical (unpaired) electrons. The summed E-state index contributed by atoms with van der Waals surface area (Å²) in [7, 11) is 0. The van der Waals surface area contributed by atoms with Gasteiger partial charge in [0, 0.05) is 0 Å². The first-order chi connectivity index (χ1) is 7.75. The highest BCUT2D eigenvalue weighted by atomic mass is 16.1. The van der Waals surface area contributed by atoms with E-state index in [0.29, 0.717) is 11.4 Å². The Hall–Kier alpha value is -2.50. The van der Waals surface area contributed by atoms with Gasteiger partial charge in [-0.25, -0.2) is 4.79 Å². The summed E-state index contributed by atoms with van der Waals surface area (Å²) in [5.41, 5.74) is 6.07. The maximum absolute atomic E-state index is 10.8. The van der Waals surface area contributed by atoms with E-state index in [4.69, 9.17) is 5.73 Å². The zero-order valence-electron chi connectivity index (χ0n) is 8.29. The van der Waals surface area contributed by atoms with Gasteiger partial charge in [-0.15, -0.1) is 5.11 Å². The molecule has 0 atom stereocenters. The van der Waals surface area contributed by atoms with E-state index < -0.39 is 5.69 Å². The number of nitrogens with zero attached hydrogens (tertiary/aromatic N) is 3. The number of nitrogens with two attached hydrogens (primary N) is 1. The minimum absolute atomic E-state index is 0.152. The fourth-order valence-corrected chi connectivity index (χ4v) is 1.09. The van der Waals surface area contributed by atoms with Gasteiger partial charge in [-0.3, -0.25) is 4.98 Å². The molecule has 2 aromatic rings. The highest BCUT2D eigenvalue weighted by Crippen LogP contribution is 2.19. The van der Waals surface area contributed by atoms with Crippen LogP contribution in [-0.4, -0.2) is 9.97 Å². The first-order valence-corrected chi connectivity index (χ1v) is 4.57. The van der Waals surface area contributed by atoms with Crippen LogP contribution >= 0.6 is 0 Å². The molecule has 1 aromatic carbocycles. The van der Waals surface area contributed by atoms with Crippen molar-refractivity contribution in [2.24, 2.45) is 10.2 Å². The quantitative estimate of drug-likeness (QED) is 0.747. The minimum atomic E-state index is -0.504. The van der Waals surface area contributed by atoms with E-state index in [1.165, 1.54) is 6.20 Å². The van der Waals surface area contributed by atoms with Crippen molar-refractivity contribution >= 4 is 17.2 Å². The Bertz CT molecular complexity index is 561. The fraction of sp³-hybridized carbons (Fsp3) is 0. The summed E-state index contributed by atoms with van der Waals surface area (Å²) >= 11 is 0. The molecule has 0 unspecified atom stereocenters. The number of anilines is 1. The average Bonchev–Trinajstić information content (AvgIpc) is 2.29. The van der Waals surface area contributed by atoms with Gasteiger partial charge in [-0.1, -0.05) is 18.2 Å². The third kappa shape index (κ3) is 2.30. The largest absolute Gasteiger partial charge is 0.383 e. The Kier molecular flexibility index (Phi) is 2.73. The molecular formula is C10H9N5O. The Morgan fingerprint density at radius 1 is 1.19 bits per heavy atom. The summed E-state index contributed by atoms with van der Waals surface area (Å²) in [5, 5.41) is 7.83. The van der Waals surface area contributed by atoms with Gasteiger partial charge < -0.3 is 5.73 Å². The molecule has 0 saturated heterocycles. The van der Waals surface area contributed by atoms with Crippen LogP contribution < -0.4 is 11.4 Å². The Morgan fingerprint density at radius 3 is 2.62 bits per heavy atom. The van der Waals surface area contributed by atoms with Crippen LogP contribution in [0.2, 0.25) is 0 Å². The summed E-state index contributed by atoms with van der Waals surface area (Å²) < 4.78 is 0. The molecule has 6 heteroatoms. The Balaban J connectivity index is 2.28. The second kappa shape index (κ2) is 4.35. The van der Waals surface area contributed by atoms with Gasteiger partial charge in [0.15, 0.2) is 0 Å². The molecule has 0 amide bonds. The molecular weight excluding hydrogens is 206 g/mol. The van der Waals surface area contributed by atoms with E-state index in [2.05, 4.69) is 20.2 Å². The zero-order chi connectivity index (χ0) is 11.4. The molecule has 0 spiro atoms. The van der Waals surface area contributed by atoms with Crippen molar-refractivity contribution in [3.8, 4) is 0 Å². The third-order valence-corrected chi connectivity index (χ3v) is 1.85. The predicted molar refractivity (Wildman–Crippen MR) is 59.9 cm³/mol. The molecule has 1 aromatic heterocycles. The lowest BCUT2D eigenvalue weighted by atomic mass is 10.3. The lowest BCUT2D eigenvalue weighted by Crippen LogP contribution is -2.11. The van der Waals surface area contributed by atoms with Crippen LogP contribution in [0.25, 0.3) is 0 Å². The standard InChI is InChI=1S/C10H9N5O/c11-9-8(6-12-10(16)13-9)15-14-7-4-2-1-3-5-7/h1-6H,(H3,11,12,13,16). The molecule has 0 aliphatic heterocycles. The number of azo groups is 1. The van der Waals surface area contributed by atoms with Crippen LogP contribution in [0.5, 0.6) is 0 Å². The van der Waals surface area contributed by atoms with Crippen LogP contribution in [0.3, 0.4) is 0 Å². The predicted octanol–water partition coefficient (Wildman–Crippen LogP) is 1.77. The van der Waals surface area contributed by atoms with Crippen LogP contribution in [0.4, 0.5) is 17.2 Å². The topological polar surface area (TPSA) is 96.5 Å². The van der Waals surface area contributed by atoms with E-state index in [1.807, 2.05) is 18.2 Å². The summed E-state index contributed by atoms with van der Waals surface area (Å²) in [6.07, 6.45) is 1.28. The lowest BCUT2D eigenvalue weighted by Gasteiger charge is -1.95. The van der Waals surface area contributed by atoms with Gasteiger partial charge in [0.1, 0.15) is 11.5 Å². The van der Waals surface area contributed by atoms with Gasteiger partial charge in [0.05, 0.1) is 11.9 Å². The van der Waals surface area contributed by atoms with Gasteiger partial charge in [0.25, 0.3) is 0 Å². The number of aromatic amines is 1. The number of benzene rings is 1. The van der Waals surface area contributed by atoms with Crippen molar-refractivity contribution in [1.82, 2.24) is 9.97 Å². The van der Waals surface area contributed by atoms with Crippen molar-refractivity contribution in [2.45, 2.75) is 0 Å². The molecule has 2 rings (SSSR count). The summed E-state index contributed by atoms with van der Waals surface area (Å²) in [6, 6.07) is 9.19. The number of nitrogen functional groups attached to an aromatic ring is 1. The van der Waals surface area contributed by atoms with Crippen LogP contribution in [0.15, 0.2) is 51.6 Å². The molecule has 16 heavy (non-hydrogen) atoms. The van der Waals surface area contributed by atoms with Gasteiger partial charge in [-0.2, -0.15) is 10.1 Å². The molecule has 0 aliphatic rings. The molecule has 0 aliphatic carbocycles. The zero-order valence-corrected chi connectivity index (χ0v) is 8.29. The smallest absolute Gasteiger partial charge is 0.346 e. The average molecular weight is 215 g/mol. The monoisotopic (exact) mass is 215 g/mol. The van der Waals surface area contributed by atoms with E-state index in [-0.39, 0.29) is 5.82 Å². The Labute approximate surface area is 90.9 Å². The van der Waals surface area contributed by atoms with Gasteiger partial charge in [0.2, 0.25) is 0 Å². The number of aromatic nitrogens is 2. The van der Waals surface area contributed by atoms with Crippen LogP contribution in [0, 0.1) is 0 Å². The molecule has 0 saturated carbocycles. The van der Waals surface area contributed by atoms with E-state index in [9.17, 15) is 4.79 Å². The third-order valence-electron chi connectivity index (χ3n) is 1.85. The van der Waals surface area contributed by atoms with Crippen LogP contribution in [-0.2, 0) is 0 Å². The van der Waals surface area contributed by atoms with Crippen molar-refractivity contribution in [3.05, 3.63) is 47.0 Å². The molecule has 0 fully saturated rings. The summed E-state index contributed by atoms with van der Waals surface area (Å²) in [4.78, 5) is 16.6. The first kappa shape index (κ1) is 10.0. The molecule has 3 N–H and O–H groups in total. The van der Waals surface area contributed by atoms with Crippen molar-refractivity contribution in [2.75, 3.05) is 5.73 Å². The number of hydrogen-bond donors (Lipinski definition) is 2.